The van der Waals surface area contributed by atoms with Crippen LogP contribution in [0.25, 0.3) is 0 Å². The van der Waals surface area contributed by atoms with E-state index in [9.17, 15) is 4.79 Å². The highest BCUT2D eigenvalue weighted by Crippen LogP contribution is 2.02. The summed E-state index contributed by atoms with van der Waals surface area (Å²) in [7, 11) is 0. The van der Waals surface area contributed by atoms with E-state index in [2.05, 4.69) is 19.2 Å². The average molecular weight is 186 g/mol. The number of carbonyl (C=O) groups is 1. The minimum absolute atomic E-state index is 0.0564. The van der Waals surface area contributed by atoms with Crippen LogP contribution in [0.5, 0.6) is 0 Å². The molecule has 13 heavy (non-hydrogen) atoms. The van der Waals surface area contributed by atoms with Crippen molar-refractivity contribution in [1.82, 2.24) is 5.32 Å². The lowest BCUT2D eigenvalue weighted by Crippen LogP contribution is -2.33. The highest BCUT2D eigenvalue weighted by Gasteiger charge is 2.08. The van der Waals surface area contributed by atoms with Crippen LogP contribution in [0.4, 0.5) is 0 Å². The lowest BCUT2D eigenvalue weighted by molar-refractivity contribution is -0.124. The van der Waals surface area contributed by atoms with Crippen LogP contribution in [0.1, 0.15) is 33.6 Å². The predicted octanol–water partition coefficient (Wildman–Crippen LogP) is 1.13. The normalized spacial score (nSPS) is 13.0. The first-order chi connectivity index (χ1) is 6.07. The van der Waals surface area contributed by atoms with Gasteiger partial charge < -0.3 is 11.1 Å². The van der Waals surface area contributed by atoms with Crippen molar-refractivity contribution in [1.29, 1.82) is 0 Å². The number of rotatable bonds is 6. The van der Waals surface area contributed by atoms with Crippen LogP contribution < -0.4 is 11.1 Å². The molecule has 0 aromatic carbocycles. The number of hydrogen-bond donors (Lipinski definition) is 2. The van der Waals surface area contributed by atoms with Gasteiger partial charge in [0.15, 0.2) is 0 Å². The second-order valence-electron chi connectivity index (χ2n) is 3.96. The van der Waals surface area contributed by atoms with Gasteiger partial charge in [0.2, 0.25) is 5.91 Å². The third-order valence-electron chi connectivity index (χ3n) is 2.06. The van der Waals surface area contributed by atoms with E-state index < -0.39 is 0 Å². The Kier molecular flexibility index (Phi) is 6.59. The Morgan fingerprint density at radius 2 is 2.00 bits per heavy atom. The number of nitrogens with two attached hydrogens (primary N) is 1. The minimum Gasteiger partial charge on any atom is -0.356 e. The van der Waals surface area contributed by atoms with Crippen molar-refractivity contribution in [2.75, 3.05) is 13.1 Å². The molecule has 0 bridgehead atoms. The van der Waals surface area contributed by atoms with Gasteiger partial charge in [0.05, 0.1) is 0 Å². The predicted molar refractivity (Wildman–Crippen MR) is 55.3 cm³/mol. The number of hydrogen-bond acceptors (Lipinski definition) is 2. The van der Waals surface area contributed by atoms with Crippen LogP contribution in [0.15, 0.2) is 0 Å². The molecule has 3 heteroatoms. The summed E-state index contributed by atoms with van der Waals surface area (Å²) in [6.07, 6.45) is 2.22. The fraction of sp³-hybridized carbons (Fsp3) is 0.900. The average Bonchev–Trinajstić information content (AvgIpc) is 2.10. The Labute approximate surface area is 81.1 Å². The summed E-state index contributed by atoms with van der Waals surface area (Å²) in [5.41, 5.74) is 5.36. The maximum atomic E-state index is 11.2. The molecule has 0 rings (SSSR count). The molecular weight excluding hydrogens is 164 g/mol. The SMILES string of the molecule is CC(C)CCCNC(=O)C(C)CN. The standard InChI is InChI=1S/C10H22N2O/c1-8(2)5-4-6-12-10(13)9(3)7-11/h8-9H,4-7,11H2,1-3H3,(H,12,13). The maximum Gasteiger partial charge on any atom is 0.224 e. The van der Waals surface area contributed by atoms with Gasteiger partial charge >= 0.3 is 0 Å². The van der Waals surface area contributed by atoms with Gasteiger partial charge in [-0.3, -0.25) is 4.79 Å². The summed E-state index contributed by atoms with van der Waals surface area (Å²) in [4.78, 5) is 11.2. The molecule has 1 unspecified atom stereocenters. The van der Waals surface area contributed by atoms with Crippen molar-refractivity contribution in [3.8, 4) is 0 Å². The summed E-state index contributed by atoms with van der Waals surface area (Å²) < 4.78 is 0. The molecule has 0 heterocycles. The van der Waals surface area contributed by atoms with Gasteiger partial charge in [-0.1, -0.05) is 20.8 Å². The molecule has 0 aliphatic carbocycles. The molecule has 78 valence electrons. The van der Waals surface area contributed by atoms with E-state index in [1.54, 1.807) is 0 Å². The highest BCUT2D eigenvalue weighted by atomic mass is 16.1. The zero-order valence-corrected chi connectivity index (χ0v) is 8.97. The molecule has 0 fully saturated rings. The Bertz CT molecular complexity index is 146. The summed E-state index contributed by atoms with van der Waals surface area (Å²) in [5, 5.41) is 2.87. The van der Waals surface area contributed by atoms with Crippen molar-refractivity contribution in [2.45, 2.75) is 33.6 Å². The largest absolute Gasteiger partial charge is 0.356 e. The quantitative estimate of drug-likeness (QED) is 0.611. The Hall–Kier alpha value is -0.570. The molecule has 0 radical (unpaired) electrons. The molecule has 0 saturated heterocycles. The molecule has 0 aromatic rings. The fourth-order valence-corrected chi connectivity index (χ4v) is 1.00. The van der Waals surface area contributed by atoms with Crippen molar-refractivity contribution in [3.63, 3.8) is 0 Å². The van der Waals surface area contributed by atoms with Crippen molar-refractivity contribution < 1.29 is 4.79 Å². The topological polar surface area (TPSA) is 55.1 Å². The number of amides is 1. The first-order valence-electron chi connectivity index (χ1n) is 5.05. The molecule has 0 saturated carbocycles. The third kappa shape index (κ3) is 6.58. The molecule has 3 N–H and O–H groups in total. The Balaban J connectivity index is 3.37. The first-order valence-corrected chi connectivity index (χ1v) is 5.05. The van der Waals surface area contributed by atoms with Crippen LogP contribution in [0.3, 0.4) is 0 Å². The van der Waals surface area contributed by atoms with Gasteiger partial charge in [0, 0.05) is 19.0 Å². The molecule has 0 aromatic heterocycles. The van der Waals surface area contributed by atoms with Gasteiger partial charge in [-0.15, -0.1) is 0 Å². The summed E-state index contributed by atoms with van der Waals surface area (Å²) in [6, 6.07) is 0. The van der Waals surface area contributed by atoms with Gasteiger partial charge in [-0.05, 0) is 18.8 Å². The Morgan fingerprint density at radius 3 is 2.46 bits per heavy atom. The second kappa shape index (κ2) is 6.89. The fourth-order valence-electron chi connectivity index (χ4n) is 1.00. The zero-order chi connectivity index (χ0) is 10.3. The van der Waals surface area contributed by atoms with Crippen molar-refractivity contribution >= 4 is 5.91 Å². The molecule has 0 spiro atoms. The molecule has 1 atom stereocenters. The van der Waals surface area contributed by atoms with Crippen molar-refractivity contribution in [2.24, 2.45) is 17.6 Å². The molecule has 0 aliphatic heterocycles. The van der Waals surface area contributed by atoms with E-state index in [1.165, 1.54) is 0 Å². The monoisotopic (exact) mass is 186 g/mol. The minimum atomic E-state index is -0.0564. The van der Waals surface area contributed by atoms with Gasteiger partial charge in [0.25, 0.3) is 0 Å². The van der Waals surface area contributed by atoms with Gasteiger partial charge in [-0.2, -0.15) is 0 Å². The van der Waals surface area contributed by atoms with E-state index in [0.29, 0.717) is 12.5 Å². The molecular formula is C10H22N2O. The number of nitrogens with one attached hydrogen (secondary N) is 1. The lowest BCUT2D eigenvalue weighted by atomic mass is 10.1. The summed E-state index contributed by atoms with van der Waals surface area (Å²) in [6.45, 7) is 7.42. The van der Waals surface area contributed by atoms with Gasteiger partial charge in [-0.25, -0.2) is 0 Å². The van der Waals surface area contributed by atoms with Crippen molar-refractivity contribution in [3.05, 3.63) is 0 Å². The maximum absolute atomic E-state index is 11.2. The smallest absolute Gasteiger partial charge is 0.224 e. The van der Waals surface area contributed by atoms with E-state index >= 15 is 0 Å². The van der Waals surface area contributed by atoms with Gasteiger partial charge in [0.1, 0.15) is 0 Å². The molecule has 1 amide bonds. The second-order valence-corrected chi connectivity index (χ2v) is 3.96. The van der Waals surface area contributed by atoms with E-state index in [0.717, 1.165) is 19.4 Å². The highest BCUT2D eigenvalue weighted by molar-refractivity contribution is 5.78. The van der Waals surface area contributed by atoms with Crippen LogP contribution in [-0.2, 0) is 4.79 Å². The lowest BCUT2D eigenvalue weighted by Gasteiger charge is -2.10. The van der Waals surface area contributed by atoms with Crippen LogP contribution in [0, 0.1) is 11.8 Å². The summed E-state index contributed by atoms with van der Waals surface area (Å²) >= 11 is 0. The third-order valence-corrected chi connectivity index (χ3v) is 2.06. The molecule has 3 nitrogen and oxygen atoms in total. The summed E-state index contributed by atoms with van der Waals surface area (Å²) in [5.74, 6) is 0.731. The van der Waals surface area contributed by atoms with Crippen LogP contribution in [0.2, 0.25) is 0 Å². The zero-order valence-electron chi connectivity index (χ0n) is 8.97. The van der Waals surface area contributed by atoms with Crippen LogP contribution >= 0.6 is 0 Å². The van der Waals surface area contributed by atoms with E-state index in [1.807, 2.05) is 6.92 Å². The first kappa shape index (κ1) is 12.4. The Morgan fingerprint density at radius 1 is 1.38 bits per heavy atom. The molecule has 0 aliphatic rings. The van der Waals surface area contributed by atoms with E-state index in [-0.39, 0.29) is 11.8 Å². The van der Waals surface area contributed by atoms with E-state index in [4.69, 9.17) is 5.73 Å². The number of carbonyl (C=O) groups excluding carboxylic acids is 1. The van der Waals surface area contributed by atoms with Crippen LogP contribution in [-0.4, -0.2) is 19.0 Å².